The quantitative estimate of drug-likeness (QED) is 0.783. The SMILES string of the molecule is CCN(Cc1cccc(N)c1)C1CCN(c2cc(C)nc(C(C)C)n2)CC1. The monoisotopic (exact) mass is 367 g/mol. The number of nitrogens with zero attached hydrogens (tertiary/aromatic N) is 4. The highest BCUT2D eigenvalue weighted by Gasteiger charge is 2.25. The Labute approximate surface area is 163 Å². The van der Waals surface area contributed by atoms with Crippen molar-refractivity contribution in [3.05, 3.63) is 47.4 Å². The van der Waals surface area contributed by atoms with Gasteiger partial charge in [0, 0.05) is 49.0 Å². The van der Waals surface area contributed by atoms with Crippen molar-refractivity contribution in [3.63, 3.8) is 0 Å². The van der Waals surface area contributed by atoms with Crippen LogP contribution in [0.3, 0.4) is 0 Å². The molecule has 5 heteroatoms. The number of rotatable bonds is 6. The van der Waals surface area contributed by atoms with Crippen molar-refractivity contribution >= 4 is 11.5 Å². The molecule has 1 aliphatic heterocycles. The molecular formula is C22H33N5. The number of benzene rings is 1. The highest BCUT2D eigenvalue weighted by molar-refractivity contribution is 5.41. The molecule has 0 unspecified atom stereocenters. The van der Waals surface area contributed by atoms with E-state index >= 15 is 0 Å². The Morgan fingerprint density at radius 1 is 1.19 bits per heavy atom. The van der Waals surface area contributed by atoms with Crippen molar-refractivity contribution in [2.75, 3.05) is 30.3 Å². The number of aromatic nitrogens is 2. The van der Waals surface area contributed by atoms with Crippen LogP contribution in [-0.4, -0.2) is 40.5 Å². The fraction of sp³-hybridized carbons (Fsp3) is 0.545. The third-order valence-corrected chi connectivity index (χ3v) is 5.42. The van der Waals surface area contributed by atoms with Crippen LogP contribution in [0.15, 0.2) is 30.3 Å². The zero-order valence-electron chi connectivity index (χ0n) is 17.2. The van der Waals surface area contributed by atoms with Gasteiger partial charge in [0.15, 0.2) is 0 Å². The van der Waals surface area contributed by atoms with Crippen molar-refractivity contribution in [1.29, 1.82) is 0 Å². The summed E-state index contributed by atoms with van der Waals surface area (Å²) in [6.45, 7) is 12.7. The molecule has 2 N–H and O–H groups in total. The molecule has 2 heterocycles. The molecule has 1 aliphatic rings. The molecular weight excluding hydrogens is 334 g/mol. The van der Waals surface area contributed by atoms with Crippen LogP contribution in [-0.2, 0) is 6.54 Å². The molecule has 0 aliphatic carbocycles. The summed E-state index contributed by atoms with van der Waals surface area (Å²) in [6.07, 6.45) is 2.33. The van der Waals surface area contributed by atoms with Crippen LogP contribution < -0.4 is 10.6 Å². The van der Waals surface area contributed by atoms with Crippen LogP contribution in [0.5, 0.6) is 0 Å². The van der Waals surface area contributed by atoms with Gasteiger partial charge in [-0.3, -0.25) is 4.90 Å². The second kappa shape index (κ2) is 8.70. The maximum atomic E-state index is 5.95. The molecule has 1 fully saturated rings. The predicted octanol–water partition coefficient (Wildman–Crippen LogP) is 3.98. The fourth-order valence-electron chi connectivity index (χ4n) is 3.88. The summed E-state index contributed by atoms with van der Waals surface area (Å²) in [6, 6.07) is 11.0. The highest BCUT2D eigenvalue weighted by Crippen LogP contribution is 2.24. The van der Waals surface area contributed by atoms with Crippen LogP contribution >= 0.6 is 0 Å². The fourth-order valence-corrected chi connectivity index (χ4v) is 3.88. The highest BCUT2D eigenvalue weighted by atomic mass is 15.2. The second-order valence-corrected chi connectivity index (χ2v) is 7.91. The van der Waals surface area contributed by atoms with Gasteiger partial charge >= 0.3 is 0 Å². The number of hydrogen-bond donors (Lipinski definition) is 1. The Hall–Kier alpha value is -2.14. The van der Waals surface area contributed by atoms with E-state index in [0.29, 0.717) is 12.0 Å². The van der Waals surface area contributed by atoms with Crippen LogP contribution in [0.2, 0.25) is 0 Å². The van der Waals surface area contributed by atoms with E-state index in [2.05, 4.69) is 60.7 Å². The van der Waals surface area contributed by atoms with E-state index in [1.54, 1.807) is 0 Å². The van der Waals surface area contributed by atoms with E-state index in [1.165, 1.54) is 5.56 Å². The lowest BCUT2D eigenvalue weighted by Gasteiger charge is -2.39. The van der Waals surface area contributed by atoms with Crippen LogP contribution in [0.1, 0.15) is 56.6 Å². The Balaban J connectivity index is 1.64. The van der Waals surface area contributed by atoms with Gasteiger partial charge < -0.3 is 10.6 Å². The van der Waals surface area contributed by atoms with Crippen molar-refractivity contribution < 1.29 is 0 Å². The van der Waals surface area contributed by atoms with E-state index in [1.807, 2.05) is 12.1 Å². The summed E-state index contributed by atoms with van der Waals surface area (Å²) in [5.41, 5.74) is 9.15. The largest absolute Gasteiger partial charge is 0.399 e. The topological polar surface area (TPSA) is 58.3 Å². The number of aryl methyl sites for hydroxylation is 1. The van der Waals surface area contributed by atoms with Crippen molar-refractivity contribution in [2.45, 2.75) is 59.0 Å². The number of hydrogen-bond acceptors (Lipinski definition) is 5. The third kappa shape index (κ3) is 4.98. The molecule has 5 nitrogen and oxygen atoms in total. The molecule has 0 amide bonds. The molecule has 2 aromatic rings. The van der Waals surface area contributed by atoms with Crippen molar-refractivity contribution in [2.24, 2.45) is 0 Å². The van der Waals surface area contributed by atoms with Crippen LogP contribution in [0, 0.1) is 6.92 Å². The molecule has 146 valence electrons. The molecule has 3 rings (SSSR count). The summed E-state index contributed by atoms with van der Waals surface area (Å²) in [5.74, 6) is 2.39. The van der Waals surface area contributed by atoms with E-state index in [-0.39, 0.29) is 0 Å². The summed E-state index contributed by atoms with van der Waals surface area (Å²) >= 11 is 0. The third-order valence-electron chi connectivity index (χ3n) is 5.42. The average molecular weight is 368 g/mol. The molecule has 0 spiro atoms. The van der Waals surface area contributed by atoms with Gasteiger partial charge in [0.1, 0.15) is 11.6 Å². The normalized spacial score (nSPS) is 15.7. The maximum Gasteiger partial charge on any atom is 0.133 e. The van der Waals surface area contributed by atoms with Gasteiger partial charge in [-0.1, -0.05) is 32.9 Å². The molecule has 0 saturated carbocycles. The van der Waals surface area contributed by atoms with Crippen molar-refractivity contribution in [3.8, 4) is 0 Å². The van der Waals surface area contributed by atoms with Gasteiger partial charge in [-0.15, -0.1) is 0 Å². The summed E-state index contributed by atoms with van der Waals surface area (Å²) < 4.78 is 0. The first-order chi connectivity index (χ1) is 13.0. The lowest BCUT2D eigenvalue weighted by molar-refractivity contribution is 0.169. The zero-order valence-corrected chi connectivity index (χ0v) is 17.2. The average Bonchev–Trinajstić information content (AvgIpc) is 2.66. The predicted molar refractivity (Wildman–Crippen MR) is 113 cm³/mol. The first-order valence-corrected chi connectivity index (χ1v) is 10.1. The standard InChI is InChI=1S/C22H33N5/c1-5-26(15-18-7-6-8-19(23)14-18)20-9-11-27(12-10-20)21-13-17(4)24-22(25-21)16(2)3/h6-8,13-14,16,20H,5,9-12,15,23H2,1-4H3. The van der Waals surface area contributed by atoms with Crippen LogP contribution in [0.4, 0.5) is 11.5 Å². The molecule has 1 aromatic heterocycles. The first kappa shape index (κ1) is 19.6. The minimum atomic E-state index is 0.357. The zero-order chi connectivity index (χ0) is 19.4. The van der Waals surface area contributed by atoms with Gasteiger partial charge in [-0.05, 0) is 44.0 Å². The van der Waals surface area contributed by atoms with Gasteiger partial charge in [-0.2, -0.15) is 0 Å². The van der Waals surface area contributed by atoms with Gasteiger partial charge in [0.05, 0.1) is 0 Å². The Bertz CT molecular complexity index is 750. The van der Waals surface area contributed by atoms with E-state index in [0.717, 1.165) is 62.0 Å². The minimum Gasteiger partial charge on any atom is -0.399 e. The molecule has 0 bridgehead atoms. The van der Waals surface area contributed by atoms with Gasteiger partial charge in [-0.25, -0.2) is 9.97 Å². The summed E-state index contributed by atoms with van der Waals surface area (Å²) in [5, 5.41) is 0. The lowest BCUT2D eigenvalue weighted by atomic mass is 10.0. The van der Waals surface area contributed by atoms with E-state index < -0.39 is 0 Å². The lowest BCUT2D eigenvalue weighted by Crippen LogP contribution is -2.45. The van der Waals surface area contributed by atoms with Crippen molar-refractivity contribution in [1.82, 2.24) is 14.9 Å². The smallest absolute Gasteiger partial charge is 0.133 e. The Kier molecular flexibility index (Phi) is 6.32. The summed E-state index contributed by atoms with van der Waals surface area (Å²) in [7, 11) is 0. The molecule has 1 saturated heterocycles. The molecule has 27 heavy (non-hydrogen) atoms. The number of nitrogens with two attached hydrogens (primary N) is 1. The molecule has 0 atom stereocenters. The van der Waals surface area contributed by atoms with E-state index in [4.69, 9.17) is 10.7 Å². The molecule has 0 radical (unpaired) electrons. The second-order valence-electron chi connectivity index (χ2n) is 7.91. The Morgan fingerprint density at radius 2 is 1.93 bits per heavy atom. The van der Waals surface area contributed by atoms with Gasteiger partial charge in [0.25, 0.3) is 0 Å². The van der Waals surface area contributed by atoms with E-state index in [9.17, 15) is 0 Å². The number of piperidine rings is 1. The number of anilines is 2. The summed E-state index contributed by atoms with van der Waals surface area (Å²) in [4.78, 5) is 14.4. The Morgan fingerprint density at radius 3 is 2.56 bits per heavy atom. The first-order valence-electron chi connectivity index (χ1n) is 10.1. The van der Waals surface area contributed by atoms with Crippen LogP contribution in [0.25, 0.3) is 0 Å². The van der Waals surface area contributed by atoms with Gasteiger partial charge in [0.2, 0.25) is 0 Å². The maximum absolute atomic E-state index is 5.95. The molecule has 1 aromatic carbocycles. The minimum absolute atomic E-state index is 0.357. The number of nitrogen functional groups attached to an aromatic ring is 1.